The quantitative estimate of drug-likeness (QED) is 0.307. The van der Waals surface area contributed by atoms with Crippen LogP contribution in [-0.2, 0) is 0 Å². The van der Waals surface area contributed by atoms with Crippen molar-refractivity contribution in [1.82, 2.24) is 0 Å². The minimum absolute atomic E-state index is 0.354. The summed E-state index contributed by atoms with van der Waals surface area (Å²) >= 11 is 0. The molecule has 1 aliphatic heterocycles. The molecule has 0 saturated carbocycles. The van der Waals surface area contributed by atoms with E-state index in [0.717, 1.165) is 0 Å². The molecular weight excluding hydrogens is 417 g/mol. The second-order valence-electron chi connectivity index (χ2n) is 7.50. The minimum atomic E-state index is -1.66. The van der Waals surface area contributed by atoms with Crippen molar-refractivity contribution in [2.45, 2.75) is 0 Å². The van der Waals surface area contributed by atoms with Crippen LogP contribution in [0.2, 0.25) is 0 Å². The molecule has 30 heavy (non-hydrogen) atoms. The molecule has 0 radical (unpaired) electrons. The van der Waals surface area contributed by atoms with Gasteiger partial charge in [0.05, 0.1) is 0 Å². The van der Waals surface area contributed by atoms with Gasteiger partial charge in [-0.2, -0.15) is 0 Å². The summed E-state index contributed by atoms with van der Waals surface area (Å²) in [7, 11) is -0.354. The number of hydrogen-bond acceptors (Lipinski definition) is 0. The maximum Gasteiger partial charge on any atom is 0.236 e. The second-order valence-corrected chi connectivity index (χ2v) is 22.2. The van der Waals surface area contributed by atoms with Gasteiger partial charge in [0.2, 0.25) is 7.30 Å². The van der Waals surface area contributed by atoms with E-state index < -0.39 is 13.9 Å². The Bertz CT molecular complexity index is 968. The minimum Gasteiger partial charge on any atom is -0.0620 e. The zero-order valence-corrected chi connectivity index (χ0v) is 19.7. The van der Waals surface area contributed by atoms with Crippen molar-refractivity contribution in [3.8, 4) is 0 Å². The van der Waals surface area contributed by atoms with Crippen LogP contribution in [0.4, 0.5) is 0 Å². The number of hydrogen-bond donors (Lipinski definition) is 0. The predicted octanol–water partition coefficient (Wildman–Crippen LogP) is 6.75. The van der Waals surface area contributed by atoms with Crippen molar-refractivity contribution < 1.29 is 0 Å². The first-order valence-electron chi connectivity index (χ1n) is 10.2. The summed E-state index contributed by atoms with van der Waals surface area (Å²) in [6, 6.07) is 45.1. The van der Waals surface area contributed by atoms with Crippen LogP contribution in [0.3, 0.4) is 0 Å². The van der Waals surface area contributed by atoms with E-state index in [1.807, 2.05) is 0 Å². The Hall–Kier alpha value is -2.09. The molecule has 0 aromatic heterocycles. The van der Waals surface area contributed by atoms with Gasteiger partial charge < -0.3 is 0 Å². The maximum atomic E-state index is 2.65. The molecule has 5 rings (SSSR count). The lowest BCUT2D eigenvalue weighted by Crippen LogP contribution is -2.22. The molecule has 4 aromatic carbocycles. The smallest absolute Gasteiger partial charge is 0.0620 e. The van der Waals surface area contributed by atoms with E-state index >= 15 is 0 Å². The molecule has 0 aliphatic carbocycles. The molecule has 146 valence electrons. The van der Waals surface area contributed by atoms with Crippen LogP contribution in [0, 0.1) is 0 Å². The molecule has 1 aliphatic rings. The Morgan fingerprint density at radius 1 is 0.400 bits per heavy atom. The van der Waals surface area contributed by atoms with Crippen LogP contribution in [-0.4, -0.2) is 6.66 Å². The van der Waals surface area contributed by atoms with E-state index in [4.69, 9.17) is 0 Å². The molecule has 1 heterocycles. The fraction of sp³-hybridized carbons (Fsp3) is 0.0370. The first kappa shape index (κ1) is 19.8. The van der Waals surface area contributed by atoms with Crippen LogP contribution in [0.25, 0.3) is 0 Å². The van der Waals surface area contributed by atoms with Crippen LogP contribution in [0.1, 0.15) is 0 Å². The normalized spacial score (nSPS) is 17.1. The summed E-state index contributed by atoms with van der Waals surface area (Å²) in [6.07, 6.45) is 0. The van der Waals surface area contributed by atoms with E-state index in [-0.39, 0.29) is 7.30 Å². The lowest BCUT2D eigenvalue weighted by atomic mass is 10.4. The average Bonchev–Trinajstić information content (AvgIpc) is 3.16. The largest absolute Gasteiger partial charge is 0.236 e. The highest BCUT2D eigenvalue weighted by Gasteiger charge is 2.68. The summed E-state index contributed by atoms with van der Waals surface area (Å²) in [5, 5.41) is 6.04. The van der Waals surface area contributed by atoms with Gasteiger partial charge in [0.15, 0.2) is 13.9 Å². The van der Waals surface area contributed by atoms with Gasteiger partial charge in [-0.1, -0.05) is 72.8 Å². The summed E-state index contributed by atoms with van der Waals surface area (Å²) in [5.41, 5.74) is 0. The van der Waals surface area contributed by atoms with Crippen molar-refractivity contribution >= 4 is 42.4 Å². The van der Waals surface area contributed by atoms with Crippen molar-refractivity contribution in [2.75, 3.05) is 6.66 Å². The summed E-state index contributed by atoms with van der Waals surface area (Å²) < 4.78 is 0. The molecular formula is C27H25P3+2. The molecule has 3 heteroatoms. The summed E-state index contributed by atoms with van der Waals surface area (Å²) in [5.74, 6) is 5.30. The molecule has 0 nitrogen and oxygen atoms in total. The van der Waals surface area contributed by atoms with Gasteiger partial charge >= 0.3 is 0 Å². The van der Waals surface area contributed by atoms with Crippen molar-refractivity contribution in [3.05, 3.63) is 133 Å². The molecule has 0 atom stereocenters. The monoisotopic (exact) mass is 442 g/mol. The third-order valence-electron chi connectivity index (χ3n) is 6.01. The van der Waals surface area contributed by atoms with Crippen molar-refractivity contribution in [1.29, 1.82) is 0 Å². The fourth-order valence-corrected chi connectivity index (χ4v) is 30.0. The van der Waals surface area contributed by atoms with Gasteiger partial charge in [0, 0.05) is 6.66 Å². The van der Waals surface area contributed by atoms with Gasteiger partial charge in [-0.3, -0.25) is 0 Å². The molecule has 0 amide bonds. The summed E-state index contributed by atoms with van der Waals surface area (Å²) in [4.78, 5) is 0. The average molecular weight is 442 g/mol. The van der Waals surface area contributed by atoms with Gasteiger partial charge in [0.1, 0.15) is 32.9 Å². The molecule has 0 saturated heterocycles. The van der Waals surface area contributed by atoms with E-state index in [1.54, 1.807) is 0 Å². The lowest BCUT2D eigenvalue weighted by molar-refractivity contribution is 1.75. The van der Waals surface area contributed by atoms with Gasteiger partial charge in [-0.05, 0) is 48.5 Å². The molecule has 0 bridgehead atoms. The molecule has 0 fully saturated rings. The maximum absolute atomic E-state index is 2.65. The highest BCUT2D eigenvalue weighted by molar-refractivity contribution is 8.78. The molecule has 0 spiro atoms. The van der Waals surface area contributed by atoms with Gasteiger partial charge in [-0.25, -0.2) is 0 Å². The van der Waals surface area contributed by atoms with Crippen LogP contribution in [0.5, 0.6) is 0 Å². The fourth-order valence-electron chi connectivity index (χ4n) is 4.54. The Labute approximate surface area is 181 Å². The standard InChI is InChI=1S/C27H25P3/c1-28-29(24-14-6-2-7-15-24,25-16-8-3-9-17-25)22-23-30(28,26-18-10-4-11-19-26)27-20-12-5-13-21-27/h2-23H,1H3/q+2. The Balaban J connectivity index is 1.80. The van der Waals surface area contributed by atoms with E-state index in [1.165, 1.54) is 21.2 Å². The number of rotatable bonds is 4. The van der Waals surface area contributed by atoms with E-state index in [2.05, 4.69) is 140 Å². The van der Waals surface area contributed by atoms with Crippen molar-refractivity contribution in [2.24, 2.45) is 0 Å². The Kier molecular flexibility index (Phi) is 5.43. The zero-order valence-electron chi connectivity index (χ0n) is 17.0. The van der Waals surface area contributed by atoms with E-state index in [0.29, 0.717) is 0 Å². The SMILES string of the molecule is CP1[P+](c2ccccc2)(c2ccccc2)C=C[P+]1(c1ccccc1)c1ccccc1. The second kappa shape index (κ2) is 8.21. The van der Waals surface area contributed by atoms with Crippen LogP contribution < -0.4 is 21.2 Å². The summed E-state index contributed by atoms with van der Waals surface area (Å²) in [6.45, 7) is -0.743. The van der Waals surface area contributed by atoms with Crippen molar-refractivity contribution in [3.63, 3.8) is 0 Å². The number of benzene rings is 4. The molecule has 4 aromatic rings. The van der Waals surface area contributed by atoms with Crippen LogP contribution in [0.15, 0.2) is 133 Å². The molecule has 0 N–H and O–H groups in total. The predicted molar refractivity (Wildman–Crippen MR) is 140 cm³/mol. The first-order valence-corrected chi connectivity index (χ1v) is 17.2. The van der Waals surface area contributed by atoms with Gasteiger partial charge in [0.25, 0.3) is 0 Å². The third kappa shape index (κ3) is 3.02. The molecule has 0 unspecified atom stereocenters. The first-order chi connectivity index (χ1) is 14.8. The third-order valence-corrected chi connectivity index (χ3v) is 27.7. The topological polar surface area (TPSA) is 0 Å². The highest BCUT2D eigenvalue weighted by Crippen LogP contribution is 3.05. The zero-order chi connectivity index (χ0) is 20.4. The lowest BCUT2D eigenvalue weighted by Gasteiger charge is -2.29. The van der Waals surface area contributed by atoms with E-state index in [9.17, 15) is 0 Å². The van der Waals surface area contributed by atoms with Gasteiger partial charge in [-0.15, -0.1) is 0 Å². The Morgan fingerprint density at radius 2 is 0.633 bits per heavy atom. The Morgan fingerprint density at radius 3 is 0.867 bits per heavy atom. The van der Waals surface area contributed by atoms with Crippen LogP contribution >= 0.6 is 21.2 Å². The highest BCUT2D eigenvalue weighted by atomic mass is 32.5.